The molecule has 0 saturated carbocycles. The molecular weight excluding hydrogens is 508 g/mol. The van der Waals surface area contributed by atoms with Crippen molar-refractivity contribution in [2.75, 3.05) is 6.54 Å². The number of halogens is 2. The van der Waals surface area contributed by atoms with Crippen molar-refractivity contribution in [3.05, 3.63) is 107 Å². The fourth-order valence-electron chi connectivity index (χ4n) is 4.07. The number of carbonyl (C=O) groups excluding carboxylic acids is 1. The number of aryl methyl sites for hydroxylation is 1. The summed E-state index contributed by atoms with van der Waals surface area (Å²) in [6, 6.07) is 19.6. The molecule has 3 N–H and O–H groups in total. The largest absolute Gasteiger partial charge is 0.390 e. The first kappa shape index (κ1) is 27.4. The first-order valence-electron chi connectivity index (χ1n) is 12.2. The van der Waals surface area contributed by atoms with Crippen LogP contribution in [0.4, 0.5) is 13.6 Å². The fraction of sp³-hybridized carbons (Fsp3) is 0.250. The Labute approximate surface area is 224 Å². The minimum absolute atomic E-state index is 0.0404. The van der Waals surface area contributed by atoms with E-state index >= 15 is 0 Å². The molecule has 0 saturated heterocycles. The zero-order chi connectivity index (χ0) is 27.1. The Balaban J connectivity index is 1.53. The quantitative estimate of drug-likeness (QED) is 0.283. The Kier molecular flexibility index (Phi) is 9.22. The second-order valence-corrected chi connectivity index (χ2v) is 9.87. The van der Waals surface area contributed by atoms with Gasteiger partial charge < -0.3 is 15.7 Å². The van der Waals surface area contributed by atoms with E-state index in [1.165, 1.54) is 23.4 Å². The molecule has 0 aliphatic rings. The monoisotopic (exact) mass is 537 g/mol. The topological polar surface area (TPSA) is 97.3 Å². The molecule has 1 amide bonds. The number of aromatic nitrogens is 3. The van der Waals surface area contributed by atoms with Crippen LogP contribution in [0.15, 0.2) is 84.3 Å². The summed E-state index contributed by atoms with van der Waals surface area (Å²) in [4.78, 5) is 15.0. The van der Waals surface area contributed by atoms with Crippen LogP contribution in [-0.4, -0.2) is 48.7 Å². The standard InChI is InChI=1S/C28H29F2N5O2S/c1-2-19-7-6-8-20(11-19)16-34(17-26(36)25(31)14-21-12-22(29)15-23(30)13-21)28(37)38-27-33-32-18-35(27)24-9-4-3-5-10-24/h3-13,15,18,25-26,36H,2,14,16-17,31H2,1H3/t25-,26+/m0/s1. The SMILES string of the molecule is CCc1cccc(CN(C[C@@H](O)[C@@H](N)Cc2cc(F)cc(F)c2)C(=O)Sc2nncn2-c2ccccc2)c1. The Morgan fingerprint density at radius 1 is 1.03 bits per heavy atom. The molecule has 4 rings (SSSR count). The van der Waals surface area contributed by atoms with Gasteiger partial charge in [0.1, 0.15) is 18.0 Å². The fourth-order valence-corrected chi connectivity index (χ4v) is 4.84. The van der Waals surface area contributed by atoms with E-state index in [2.05, 4.69) is 10.2 Å². The molecule has 10 heteroatoms. The number of nitrogens with zero attached hydrogens (tertiary/aromatic N) is 4. The van der Waals surface area contributed by atoms with E-state index in [0.717, 1.165) is 41.1 Å². The average Bonchev–Trinajstić information content (AvgIpc) is 3.36. The van der Waals surface area contributed by atoms with Crippen molar-refractivity contribution < 1.29 is 18.7 Å². The summed E-state index contributed by atoms with van der Waals surface area (Å²) in [5.41, 5.74) is 9.36. The summed E-state index contributed by atoms with van der Waals surface area (Å²) in [5.74, 6) is -1.43. The maximum absolute atomic E-state index is 13.6. The number of para-hydroxylation sites is 1. The number of rotatable bonds is 10. The van der Waals surface area contributed by atoms with E-state index in [-0.39, 0.29) is 24.7 Å². The molecule has 7 nitrogen and oxygen atoms in total. The van der Waals surface area contributed by atoms with Crippen molar-refractivity contribution in [2.24, 2.45) is 5.73 Å². The Morgan fingerprint density at radius 2 is 1.74 bits per heavy atom. The zero-order valence-corrected chi connectivity index (χ0v) is 21.7. The highest BCUT2D eigenvalue weighted by atomic mass is 32.2. The number of carbonyl (C=O) groups is 1. The molecular formula is C28H29F2N5O2S. The van der Waals surface area contributed by atoms with Gasteiger partial charge in [-0.05, 0) is 53.8 Å². The van der Waals surface area contributed by atoms with Gasteiger partial charge in [-0.25, -0.2) is 8.78 Å². The third kappa shape index (κ3) is 7.25. The van der Waals surface area contributed by atoms with Crippen molar-refractivity contribution in [3.63, 3.8) is 0 Å². The van der Waals surface area contributed by atoms with Crippen LogP contribution in [0, 0.1) is 11.6 Å². The number of hydrogen-bond donors (Lipinski definition) is 2. The zero-order valence-electron chi connectivity index (χ0n) is 20.9. The summed E-state index contributed by atoms with van der Waals surface area (Å²) >= 11 is 0.896. The first-order chi connectivity index (χ1) is 18.3. The second-order valence-electron chi connectivity index (χ2n) is 8.95. The van der Waals surface area contributed by atoms with E-state index in [1.54, 1.807) is 4.57 Å². The summed E-state index contributed by atoms with van der Waals surface area (Å²) in [6.07, 6.45) is 1.27. The number of aliphatic hydroxyl groups is 1. The van der Waals surface area contributed by atoms with E-state index < -0.39 is 23.8 Å². The second kappa shape index (κ2) is 12.8. The molecule has 1 aromatic heterocycles. The third-order valence-corrected chi connectivity index (χ3v) is 6.95. The molecule has 0 fully saturated rings. The van der Waals surface area contributed by atoms with Crippen molar-refractivity contribution in [1.82, 2.24) is 19.7 Å². The van der Waals surface area contributed by atoms with Gasteiger partial charge in [-0.15, -0.1) is 10.2 Å². The van der Waals surface area contributed by atoms with Crippen LogP contribution < -0.4 is 5.73 Å². The van der Waals surface area contributed by atoms with Crippen LogP contribution in [0.3, 0.4) is 0 Å². The minimum atomic E-state index is -1.15. The average molecular weight is 538 g/mol. The van der Waals surface area contributed by atoms with Crippen molar-refractivity contribution in [3.8, 4) is 5.69 Å². The van der Waals surface area contributed by atoms with E-state index in [1.807, 2.05) is 61.5 Å². The van der Waals surface area contributed by atoms with Gasteiger partial charge in [0.15, 0.2) is 0 Å². The number of benzene rings is 3. The maximum Gasteiger partial charge on any atom is 0.289 e. The molecule has 0 spiro atoms. The smallest absolute Gasteiger partial charge is 0.289 e. The number of nitrogens with two attached hydrogens (primary N) is 1. The van der Waals surface area contributed by atoms with Crippen molar-refractivity contribution >= 4 is 17.0 Å². The highest BCUT2D eigenvalue weighted by molar-refractivity contribution is 8.13. The molecule has 0 aliphatic carbocycles. The normalized spacial score (nSPS) is 12.8. The first-order valence-corrected chi connectivity index (χ1v) is 13.0. The van der Waals surface area contributed by atoms with E-state index in [0.29, 0.717) is 10.7 Å². The van der Waals surface area contributed by atoms with Gasteiger partial charge in [-0.3, -0.25) is 9.36 Å². The lowest BCUT2D eigenvalue weighted by molar-refractivity contribution is 0.104. The van der Waals surface area contributed by atoms with E-state index in [4.69, 9.17) is 5.73 Å². The molecule has 38 heavy (non-hydrogen) atoms. The third-order valence-electron chi connectivity index (χ3n) is 6.06. The van der Waals surface area contributed by atoms with Crippen LogP contribution in [0.5, 0.6) is 0 Å². The Morgan fingerprint density at radius 3 is 2.45 bits per heavy atom. The minimum Gasteiger partial charge on any atom is -0.390 e. The van der Waals surface area contributed by atoms with Gasteiger partial charge in [0.25, 0.3) is 5.24 Å². The predicted molar refractivity (Wildman–Crippen MR) is 143 cm³/mol. The predicted octanol–water partition coefficient (Wildman–Crippen LogP) is 4.75. The Bertz CT molecular complexity index is 1350. The number of hydrogen-bond acceptors (Lipinski definition) is 6. The lowest BCUT2D eigenvalue weighted by Crippen LogP contribution is -2.45. The summed E-state index contributed by atoms with van der Waals surface area (Å²) < 4.78 is 29.0. The number of amides is 1. The molecule has 0 aliphatic heterocycles. The van der Waals surface area contributed by atoms with Gasteiger partial charge in [-0.2, -0.15) is 0 Å². The van der Waals surface area contributed by atoms with Gasteiger partial charge in [-0.1, -0.05) is 49.4 Å². The van der Waals surface area contributed by atoms with Crippen LogP contribution in [0.1, 0.15) is 23.6 Å². The van der Waals surface area contributed by atoms with Gasteiger partial charge in [0, 0.05) is 42.6 Å². The molecule has 4 aromatic rings. The van der Waals surface area contributed by atoms with E-state index in [9.17, 15) is 18.7 Å². The lowest BCUT2D eigenvalue weighted by Gasteiger charge is -2.28. The van der Waals surface area contributed by atoms with Crippen molar-refractivity contribution in [2.45, 2.75) is 43.6 Å². The molecule has 0 radical (unpaired) electrons. The Hall–Kier alpha value is -3.60. The van der Waals surface area contributed by atoms with Crippen LogP contribution in [-0.2, 0) is 19.4 Å². The molecule has 2 atom stereocenters. The number of aliphatic hydroxyl groups excluding tert-OH is 1. The summed E-state index contributed by atoms with van der Waals surface area (Å²) in [6.45, 7) is 2.20. The van der Waals surface area contributed by atoms with Gasteiger partial charge in [0.05, 0.1) is 6.10 Å². The maximum atomic E-state index is 13.6. The molecule has 3 aromatic carbocycles. The molecule has 0 unspecified atom stereocenters. The molecule has 0 bridgehead atoms. The number of thioether (sulfide) groups is 1. The van der Waals surface area contributed by atoms with Gasteiger partial charge in [0.2, 0.25) is 5.16 Å². The highest BCUT2D eigenvalue weighted by Gasteiger charge is 2.25. The van der Waals surface area contributed by atoms with Gasteiger partial charge >= 0.3 is 0 Å². The van der Waals surface area contributed by atoms with Crippen molar-refractivity contribution in [1.29, 1.82) is 0 Å². The molecule has 1 heterocycles. The van der Waals surface area contributed by atoms with Crippen LogP contribution in [0.2, 0.25) is 0 Å². The summed E-state index contributed by atoms with van der Waals surface area (Å²) in [7, 11) is 0. The molecule has 198 valence electrons. The van der Waals surface area contributed by atoms with Crippen LogP contribution >= 0.6 is 11.8 Å². The highest BCUT2D eigenvalue weighted by Crippen LogP contribution is 2.24. The lowest BCUT2D eigenvalue weighted by atomic mass is 10.0. The van der Waals surface area contributed by atoms with Crippen LogP contribution in [0.25, 0.3) is 5.69 Å². The summed E-state index contributed by atoms with van der Waals surface area (Å²) in [5, 5.41) is 19.0.